The molecule has 19 heavy (non-hydrogen) atoms. The minimum atomic E-state index is -0.889. The van der Waals surface area contributed by atoms with E-state index in [1.165, 1.54) is 7.11 Å². The summed E-state index contributed by atoms with van der Waals surface area (Å²) in [4.78, 5) is 11.2. The lowest BCUT2D eigenvalue weighted by atomic mass is 10.1. The monoisotopic (exact) mass is 262 g/mol. The number of anilines is 1. The molecule has 1 rings (SSSR count). The summed E-state index contributed by atoms with van der Waals surface area (Å²) in [6.07, 6.45) is 2.33. The van der Waals surface area contributed by atoms with E-state index >= 15 is 0 Å². The fourth-order valence-electron chi connectivity index (χ4n) is 1.73. The molecule has 1 aromatic carbocycles. The Balaban J connectivity index is 2.89. The van der Waals surface area contributed by atoms with Gasteiger partial charge in [-0.1, -0.05) is 19.8 Å². The van der Waals surface area contributed by atoms with Gasteiger partial charge in [0, 0.05) is 6.07 Å². The highest BCUT2D eigenvalue weighted by atomic mass is 16.5. The molecule has 5 nitrogen and oxygen atoms in total. The number of rotatable bonds is 7. The SMILES string of the molecule is CCCCC(Nc1ccc(C#N)cc1OC)C(=O)O. The van der Waals surface area contributed by atoms with Crippen LogP contribution < -0.4 is 10.1 Å². The highest BCUT2D eigenvalue weighted by Gasteiger charge is 2.18. The molecule has 0 spiro atoms. The van der Waals surface area contributed by atoms with Gasteiger partial charge in [-0.25, -0.2) is 4.79 Å². The molecule has 1 unspecified atom stereocenters. The number of hydrogen-bond donors (Lipinski definition) is 2. The molecule has 1 atom stereocenters. The van der Waals surface area contributed by atoms with Crippen LogP contribution in [0.5, 0.6) is 5.75 Å². The van der Waals surface area contributed by atoms with E-state index < -0.39 is 12.0 Å². The molecule has 0 radical (unpaired) electrons. The van der Waals surface area contributed by atoms with E-state index in [1.807, 2.05) is 13.0 Å². The van der Waals surface area contributed by atoms with Crippen molar-refractivity contribution in [2.24, 2.45) is 0 Å². The second-order valence-corrected chi connectivity index (χ2v) is 4.20. The van der Waals surface area contributed by atoms with Gasteiger partial charge in [-0.3, -0.25) is 0 Å². The summed E-state index contributed by atoms with van der Waals surface area (Å²) in [6, 6.07) is 6.24. The second kappa shape index (κ2) is 7.27. The van der Waals surface area contributed by atoms with Crippen LogP contribution in [0.15, 0.2) is 18.2 Å². The molecule has 0 bridgehead atoms. The van der Waals surface area contributed by atoms with Crippen LogP contribution in [0.1, 0.15) is 31.7 Å². The van der Waals surface area contributed by atoms with Gasteiger partial charge in [-0.05, 0) is 18.6 Å². The summed E-state index contributed by atoms with van der Waals surface area (Å²) < 4.78 is 5.17. The van der Waals surface area contributed by atoms with Crippen molar-refractivity contribution in [1.82, 2.24) is 0 Å². The van der Waals surface area contributed by atoms with Gasteiger partial charge in [0.25, 0.3) is 0 Å². The molecule has 0 saturated carbocycles. The van der Waals surface area contributed by atoms with Crippen LogP contribution in [-0.2, 0) is 4.79 Å². The van der Waals surface area contributed by atoms with Crippen LogP contribution in [-0.4, -0.2) is 24.2 Å². The summed E-state index contributed by atoms with van der Waals surface area (Å²) >= 11 is 0. The first kappa shape index (κ1) is 14.8. The smallest absolute Gasteiger partial charge is 0.326 e. The summed E-state index contributed by atoms with van der Waals surface area (Å²) in [5.41, 5.74) is 1.06. The molecule has 0 heterocycles. The van der Waals surface area contributed by atoms with Gasteiger partial charge in [0.1, 0.15) is 11.8 Å². The van der Waals surface area contributed by atoms with E-state index in [-0.39, 0.29) is 0 Å². The summed E-state index contributed by atoms with van der Waals surface area (Å²) in [5.74, 6) is -0.415. The standard InChI is InChI=1S/C14H18N2O3/c1-3-4-5-12(14(17)18)16-11-7-6-10(9-15)8-13(11)19-2/h6-8,12,16H,3-5H2,1-2H3,(H,17,18). The molecule has 0 aliphatic carbocycles. The van der Waals surface area contributed by atoms with Gasteiger partial charge in [0.05, 0.1) is 24.4 Å². The zero-order chi connectivity index (χ0) is 14.3. The largest absolute Gasteiger partial charge is 0.495 e. The molecule has 102 valence electrons. The highest BCUT2D eigenvalue weighted by Crippen LogP contribution is 2.26. The third-order valence-corrected chi connectivity index (χ3v) is 2.80. The molecule has 0 amide bonds. The number of carboxylic acids is 1. The normalized spacial score (nSPS) is 11.4. The molecular formula is C14H18N2O3. The molecule has 0 aliphatic rings. The minimum absolute atomic E-state index is 0.474. The van der Waals surface area contributed by atoms with Crippen molar-refractivity contribution in [2.75, 3.05) is 12.4 Å². The molecule has 0 aliphatic heterocycles. The van der Waals surface area contributed by atoms with Gasteiger partial charge in [-0.2, -0.15) is 5.26 Å². The molecule has 2 N–H and O–H groups in total. The van der Waals surface area contributed by atoms with Crippen LogP contribution in [0.4, 0.5) is 5.69 Å². The Hall–Kier alpha value is -2.22. The van der Waals surface area contributed by atoms with Crippen molar-refractivity contribution in [1.29, 1.82) is 5.26 Å². The number of carbonyl (C=O) groups is 1. The van der Waals surface area contributed by atoms with Crippen molar-refractivity contribution in [2.45, 2.75) is 32.2 Å². The quantitative estimate of drug-likeness (QED) is 0.789. The Bertz CT molecular complexity index is 480. The van der Waals surface area contributed by atoms with E-state index in [0.29, 0.717) is 23.4 Å². The van der Waals surface area contributed by atoms with Gasteiger partial charge in [0.2, 0.25) is 0 Å². The lowest BCUT2D eigenvalue weighted by molar-refractivity contribution is -0.138. The Kier molecular flexibility index (Phi) is 5.68. The van der Waals surface area contributed by atoms with Gasteiger partial charge >= 0.3 is 5.97 Å². The molecule has 1 aromatic rings. The maximum atomic E-state index is 11.2. The van der Waals surface area contributed by atoms with E-state index in [2.05, 4.69) is 5.32 Å². The number of benzene rings is 1. The van der Waals surface area contributed by atoms with Crippen LogP contribution >= 0.6 is 0 Å². The van der Waals surface area contributed by atoms with Gasteiger partial charge in [-0.15, -0.1) is 0 Å². The zero-order valence-electron chi connectivity index (χ0n) is 11.1. The minimum Gasteiger partial charge on any atom is -0.495 e. The van der Waals surface area contributed by atoms with Crippen LogP contribution in [0.3, 0.4) is 0 Å². The number of nitrogens with one attached hydrogen (secondary N) is 1. The first-order valence-electron chi connectivity index (χ1n) is 6.19. The van der Waals surface area contributed by atoms with Gasteiger partial charge in [0.15, 0.2) is 0 Å². The predicted molar refractivity (Wildman–Crippen MR) is 72.3 cm³/mol. The molecular weight excluding hydrogens is 244 g/mol. The molecule has 0 fully saturated rings. The highest BCUT2D eigenvalue weighted by molar-refractivity contribution is 5.78. The molecule has 0 aromatic heterocycles. The summed E-state index contributed by atoms with van der Waals surface area (Å²) in [6.45, 7) is 2.02. The summed E-state index contributed by atoms with van der Waals surface area (Å²) in [5, 5.41) is 20.9. The number of carboxylic acid groups (broad SMARTS) is 1. The molecule has 0 saturated heterocycles. The Morgan fingerprint density at radius 3 is 2.84 bits per heavy atom. The van der Waals surface area contributed by atoms with E-state index in [1.54, 1.807) is 18.2 Å². The number of unbranched alkanes of at least 4 members (excludes halogenated alkanes) is 1. The number of aliphatic carboxylic acids is 1. The van der Waals surface area contributed by atoms with E-state index in [4.69, 9.17) is 15.1 Å². The Morgan fingerprint density at radius 1 is 1.58 bits per heavy atom. The van der Waals surface area contributed by atoms with Crippen molar-refractivity contribution in [3.8, 4) is 11.8 Å². The third-order valence-electron chi connectivity index (χ3n) is 2.80. The number of methoxy groups -OCH3 is 1. The molecule has 5 heteroatoms. The topological polar surface area (TPSA) is 82.3 Å². The fourth-order valence-corrected chi connectivity index (χ4v) is 1.73. The number of ether oxygens (including phenoxy) is 1. The maximum Gasteiger partial charge on any atom is 0.326 e. The second-order valence-electron chi connectivity index (χ2n) is 4.20. The summed E-state index contributed by atoms with van der Waals surface area (Å²) in [7, 11) is 1.49. The van der Waals surface area contributed by atoms with Crippen LogP contribution in [0, 0.1) is 11.3 Å². The van der Waals surface area contributed by atoms with Gasteiger partial charge < -0.3 is 15.2 Å². The van der Waals surface area contributed by atoms with E-state index in [0.717, 1.165) is 12.8 Å². The van der Waals surface area contributed by atoms with E-state index in [9.17, 15) is 4.79 Å². The predicted octanol–water partition coefficient (Wildman–Crippen LogP) is 2.62. The lowest BCUT2D eigenvalue weighted by Crippen LogP contribution is -2.29. The first-order valence-corrected chi connectivity index (χ1v) is 6.19. The maximum absolute atomic E-state index is 11.2. The van der Waals surface area contributed by atoms with Crippen molar-refractivity contribution in [3.05, 3.63) is 23.8 Å². The average molecular weight is 262 g/mol. The third kappa shape index (κ3) is 4.18. The van der Waals surface area contributed by atoms with Crippen LogP contribution in [0.2, 0.25) is 0 Å². The Morgan fingerprint density at radius 2 is 2.32 bits per heavy atom. The number of nitriles is 1. The fraction of sp³-hybridized carbons (Fsp3) is 0.429. The van der Waals surface area contributed by atoms with Crippen LogP contribution in [0.25, 0.3) is 0 Å². The average Bonchev–Trinajstić information content (AvgIpc) is 2.43. The van der Waals surface area contributed by atoms with Crippen molar-refractivity contribution >= 4 is 11.7 Å². The van der Waals surface area contributed by atoms with Crippen molar-refractivity contribution < 1.29 is 14.6 Å². The lowest BCUT2D eigenvalue weighted by Gasteiger charge is -2.17. The number of nitrogens with zero attached hydrogens (tertiary/aromatic N) is 1. The number of hydrogen-bond acceptors (Lipinski definition) is 4. The zero-order valence-corrected chi connectivity index (χ0v) is 11.1. The van der Waals surface area contributed by atoms with Crippen molar-refractivity contribution in [3.63, 3.8) is 0 Å². The Labute approximate surface area is 112 Å². The first-order chi connectivity index (χ1) is 9.12.